The molecule has 0 fully saturated rings. The van der Waals surface area contributed by atoms with Crippen molar-refractivity contribution in [3.8, 4) is 5.69 Å². The maximum atomic E-state index is 10.8. The first kappa shape index (κ1) is 12.6. The van der Waals surface area contributed by atoms with Crippen molar-refractivity contribution in [1.29, 1.82) is 0 Å². The number of nitrogens with zero attached hydrogens (tertiary/aromatic N) is 2. The lowest BCUT2D eigenvalue weighted by atomic mass is 10.1. The zero-order valence-electron chi connectivity index (χ0n) is 10.1. The molecule has 1 N–H and O–H groups in total. The molecule has 2 aromatic rings. The van der Waals surface area contributed by atoms with Crippen molar-refractivity contribution in [3.05, 3.63) is 46.7 Å². The molecule has 0 unspecified atom stereocenters. The first-order chi connectivity index (χ1) is 8.49. The summed E-state index contributed by atoms with van der Waals surface area (Å²) >= 11 is 6.07. The lowest BCUT2D eigenvalue weighted by Crippen LogP contribution is -2.01. The van der Waals surface area contributed by atoms with Crippen LogP contribution in [0.15, 0.2) is 30.5 Å². The zero-order chi connectivity index (χ0) is 13.3. The fourth-order valence-corrected chi connectivity index (χ4v) is 1.87. The summed E-state index contributed by atoms with van der Waals surface area (Å²) in [6, 6.07) is 6.52. The molecular weight excluding hydrogens is 252 g/mol. The molecule has 2 rings (SSSR count). The number of hydrogen-bond donors (Lipinski definition) is 1. The molecule has 1 aromatic heterocycles. The van der Waals surface area contributed by atoms with Crippen LogP contribution in [-0.2, 0) is 0 Å². The van der Waals surface area contributed by atoms with E-state index in [0.717, 1.165) is 5.69 Å². The van der Waals surface area contributed by atoms with Crippen molar-refractivity contribution in [2.75, 3.05) is 0 Å². The monoisotopic (exact) mass is 264 g/mol. The molecule has 0 aliphatic carbocycles. The largest absolute Gasteiger partial charge is 0.478 e. The van der Waals surface area contributed by atoms with Crippen LogP contribution in [0.3, 0.4) is 0 Å². The van der Waals surface area contributed by atoms with E-state index in [1.807, 2.05) is 12.3 Å². The zero-order valence-corrected chi connectivity index (χ0v) is 10.8. The molecule has 1 aromatic carbocycles. The van der Waals surface area contributed by atoms with Crippen molar-refractivity contribution in [1.82, 2.24) is 9.78 Å². The van der Waals surface area contributed by atoms with E-state index in [1.54, 1.807) is 10.7 Å². The maximum absolute atomic E-state index is 10.8. The molecule has 1 heterocycles. The lowest BCUT2D eigenvalue weighted by Gasteiger charge is -2.05. The van der Waals surface area contributed by atoms with Crippen LogP contribution in [0.2, 0.25) is 5.02 Å². The van der Waals surface area contributed by atoms with Gasteiger partial charge in [0.05, 0.1) is 22.0 Å². The Morgan fingerprint density at radius 3 is 2.61 bits per heavy atom. The van der Waals surface area contributed by atoms with Gasteiger partial charge in [0, 0.05) is 6.20 Å². The quantitative estimate of drug-likeness (QED) is 0.925. The van der Waals surface area contributed by atoms with E-state index in [0.29, 0.717) is 16.6 Å². The molecule has 0 aliphatic rings. The van der Waals surface area contributed by atoms with Gasteiger partial charge in [0.1, 0.15) is 0 Å². The van der Waals surface area contributed by atoms with Gasteiger partial charge in [-0.2, -0.15) is 5.10 Å². The summed E-state index contributed by atoms with van der Waals surface area (Å²) in [4.78, 5) is 10.8. The summed E-state index contributed by atoms with van der Waals surface area (Å²) in [6.07, 6.45) is 1.82. The van der Waals surface area contributed by atoms with E-state index in [2.05, 4.69) is 18.9 Å². The van der Waals surface area contributed by atoms with Gasteiger partial charge in [-0.25, -0.2) is 9.48 Å². The van der Waals surface area contributed by atoms with Crippen LogP contribution in [0.25, 0.3) is 5.69 Å². The Bertz CT molecular complexity index is 590. The molecule has 0 saturated carbocycles. The van der Waals surface area contributed by atoms with E-state index in [9.17, 15) is 4.79 Å². The molecule has 0 atom stereocenters. The number of aromatic nitrogens is 2. The van der Waals surface area contributed by atoms with Crippen LogP contribution in [0.1, 0.15) is 35.8 Å². The van der Waals surface area contributed by atoms with Crippen molar-refractivity contribution in [2.45, 2.75) is 19.8 Å². The maximum Gasteiger partial charge on any atom is 0.335 e. The van der Waals surface area contributed by atoms with Crippen LogP contribution in [0, 0.1) is 0 Å². The van der Waals surface area contributed by atoms with E-state index in [-0.39, 0.29) is 5.56 Å². The van der Waals surface area contributed by atoms with Gasteiger partial charge in [0.15, 0.2) is 0 Å². The average Bonchev–Trinajstić information content (AvgIpc) is 2.78. The standard InChI is InChI=1S/C13H13ClN2O2/c1-8(2)11-5-6-16(15-11)12-4-3-9(13(17)18)7-10(12)14/h3-8H,1-2H3,(H,17,18). The molecule has 4 nitrogen and oxygen atoms in total. The third-order valence-corrected chi connectivity index (χ3v) is 2.95. The summed E-state index contributed by atoms with van der Waals surface area (Å²) in [7, 11) is 0. The minimum Gasteiger partial charge on any atom is -0.478 e. The number of benzene rings is 1. The molecule has 0 aliphatic heterocycles. The van der Waals surface area contributed by atoms with Gasteiger partial charge in [-0.05, 0) is 30.2 Å². The minimum atomic E-state index is -0.994. The Morgan fingerprint density at radius 1 is 1.39 bits per heavy atom. The second-order valence-electron chi connectivity index (χ2n) is 4.31. The van der Waals surface area contributed by atoms with Crippen LogP contribution in [-0.4, -0.2) is 20.9 Å². The molecule has 0 spiro atoms. The van der Waals surface area contributed by atoms with Crippen LogP contribution in [0.4, 0.5) is 0 Å². The number of carboxylic acid groups (broad SMARTS) is 1. The topological polar surface area (TPSA) is 55.1 Å². The van der Waals surface area contributed by atoms with Gasteiger partial charge < -0.3 is 5.11 Å². The lowest BCUT2D eigenvalue weighted by molar-refractivity contribution is 0.0697. The van der Waals surface area contributed by atoms with E-state index in [4.69, 9.17) is 16.7 Å². The normalized spacial score (nSPS) is 10.9. The molecule has 94 valence electrons. The first-order valence-corrected chi connectivity index (χ1v) is 5.95. The second-order valence-corrected chi connectivity index (χ2v) is 4.72. The fourth-order valence-electron chi connectivity index (χ4n) is 1.61. The highest BCUT2D eigenvalue weighted by atomic mass is 35.5. The predicted molar refractivity (Wildman–Crippen MR) is 69.6 cm³/mol. The third-order valence-electron chi connectivity index (χ3n) is 2.64. The number of aromatic carboxylic acids is 1. The molecular formula is C13H13ClN2O2. The summed E-state index contributed by atoms with van der Waals surface area (Å²) in [5.41, 5.74) is 1.81. The van der Waals surface area contributed by atoms with Gasteiger partial charge in [-0.3, -0.25) is 0 Å². The Kier molecular flexibility index (Phi) is 3.39. The molecule has 0 saturated heterocycles. The summed E-state index contributed by atoms with van der Waals surface area (Å²) in [6.45, 7) is 4.11. The third kappa shape index (κ3) is 2.38. The average molecular weight is 265 g/mol. The van der Waals surface area contributed by atoms with Crippen molar-refractivity contribution < 1.29 is 9.90 Å². The predicted octanol–water partition coefficient (Wildman–Crippen LogP) is 3.35. The highest BCUT2D eigenvalue weighted by molar-refractivity contribution is 6.32. The molecule has 0 amide bonds. The van der Waals surface area contributed by atoms with Gasteiger partial charge in [-0.1, -0.05) is 25.4 Å². The Morgan fingerprint density at radius 2 is 2.11 bits per heavy atom. The second kappa shape index (κ2) is 4.82. The van der Waals surface area contributed by atoms with Gasteiger partial charge in [0.2, 0.25) is 0 Å². The smallest absolute Gasteiger partial charge is 0.335 e. The minimum absolute atomic E-state index is 0.167. The summed E-state index contributed by atoms with van der Waals surface area (Å²) in [5, 5.41) is 13.6. The highest BCUT2D eigenvalue weighted by Gasteiger charge is 2.10. The molecule has 5 heteroatoms. The van der Waals surface area contributed by atoms with Crippen LogP contribution >= 0.6 is 11.6 Å². The van der Waals surface area contributed by atoms with Gasteiger partial charge in [0.25, 0.3) is 0 Å². The van der Waals surface area contributed by atoms with Gasteiger partial charge in [-0.15, -0.1) is 0 Å². The SMILES string of the molecule is CC(C)c1ccn(-c2ccc(C(=O)O)cc2Cl)n1. The number of halogens is 1. The van der Waals surface area contributed by atoms with Crippen molar-refractivity contribution in [3.63, 3.8) is 0 Å². The van der Waals surface area contributed by atoms with E-state index in [1.165, 1.54) is 12.1 Å². The van der Waals surface area contributed by atoms with Crippen molar-refractivity contribution >= 4 is 17.6 Å². The first-order valence-electron chi connectivity index (χ1n) is 5.58. The van der Waals surface area contributed by atoms with Crippen LogP contribution in [0.5, 0.6) is 0 Å². The Hall–Kier alpha value is -1.81. The number of carbonyl (C=O) groups is 1. The molecule has 0 radical (unpaired) electrons. The molecule has 18 heavy (non-hydrogen) atoms. The van der Waals surface area contributed by atoms with Crippen molar-refractivity contribution in [2.24, 2.45) is 0 Å². The fraction of sp³-hybridized carbons (Fsp3) is 0.231. The molecule has 0 bridgehead atoms. The number of rotatable bonds is 3. The number of hydrogen-bond acceptors (Lipinski definition) is 2. The van der Waals surface area contributed by atoms with E-state index >= 15 is 0 Å². The Balaban J connectivity index is 2.41. The Labute approximate surface area is 110 Å². The summed E-state index contributed by atoms with van der Waals surface area (Å²) in [5.74, 6) is -0.657. The van der Waals surface area contributed by atoms with Crippen LogP contribution < -0.4 is 0 Å². The summed E-state index contributed by atoms with van der Waals surface area (Å²) < 4.78 is 1.66. The van der Waals surface area contributed by atoms with E-state index < -0.39 is 5.97 Å². The highest BCUT2D eigenvalue weighted by Crippen LogP contribution is 2.22. The number of carboxylic acids is 1. The van der Waals surface area contributed by atoms with Gasteiger partial charge >= 0.3 is 5.97 Å².